The summed E-state index contributed by atoms with van der Waals surface area (Å²) in [6.07, 6.45) is -2.85. The molecular formula is C13H20ClF3N2O3S. The van der Waals surface area contributed by atoms with Crippen molar-refractivity contribution in [3.63, 3.8) is 0 Å². The lowest BCUT2D eigenvalue weighted by Crippen LogP contribution is -2.40. The van der Waals surface area contributed by atoms with E-state index in [1.165, 1.54) is 12.1 Å². The van der Waals surface area contributed by atoms with Crippen LogP contribution in [0.1, 0.15) is 26.2 Å². The van der Waals surface area contributed by atoms with Gasteiger partial charge in [-0.1, -0.05) is 31.9 Å². The number of hydrogen-bond acceptors (Lipinski definition) is 4. The summed E-state index contributed by atoms with van der Waals surface area (Å²) in [5.41, 5.74) is 5.50. The Morgan fingerprint density at radius 3 is 2.43 bits per heavy atom. The van der Waals surface area contributed by atoms with Crippen LogP contribution < -0.4 is 15.2 Å². The minimum Gasteiger partial charge on any atom is -0.404 e. The fourth-order valence-corrected chi connectivity index (χ4v) is 3.25. The molecule has 0 bridgehead atoms. The lowest BCUT2D eigenvalue weighted by atomic mass is 10.1. The van der Waals surface area contributed by atoms with Gasteiger partial charge in [-0.2, -0.15) is 0 Å². The largest absolute Gasteiger partial charge is 0.573 e. The van der Waals surface area contributed by atoms with Crippen LogP contribution in [0.25, 0.3) is 0 Å². The Balaban J connectivity index is 0.00000484. The van der Waals surface area contributed by atoms with Gasteiger partial charge in [-0.05, 0) is 18.6 Å². The third-order valence-corrected chi connectivity index (χ3v) is 4.44. The number of nitrogens with two attached hydrogens (primary N) is 1. The van der Waals surface area contributed by atoms with E-state index in [4.69, 9.17) is 5.73 Å². The van der Waals surface area contributed by atoms with Gasteiger partial charge in [-0.25, -0.2) is 13.1 Å². The molecule has 5 nitrogen and oxygen atoms in total. The van der Waals surface area contributed by atoms with Gasteiger partial charge in [0.25, 0.3) is 0 Å². The molecule has 0 saturated carbocycles. The molecule has 10 heteroatoms. The van der Waals surface area contributed by atoms with Crippen molar-refractivity contribution in [1.29, 1.82) is 0 Å². The van der Waals surface area contributed by atoms with E-state index in [9.17, 15) is 21.6 Å². The molecule has 0 amide bonds. The van der Waals surface area contributed by atoms with Crippen molar-refractivity contribution in [2.45, 2.75) is 43.5 Å². The van der Waals surface area contributed by atoms with E-state index in [1.807, 2.05) is 6.92 Å². The maximum absolute atomic E-state index is 12.3. The summed E-state index contributed by atoms with van der Waals surface area (Å²) < 4.78 is 67.6. The van der Waals surface area contributed by atoms with Crippen LogP contribution in [0.4, 0.5) is 13.2 Å². The molecule has 0 aromatic heterocycles. The third kappa shape index (κ3) is 7.38. The lowest BCUT2D eigenvalue weighted by molar-refractivity contribution is -0.275. The van der Waals surface area contributed by atoms with Crippen LogP contribution in [-0.4, -0.2) is 27.4 Å². The van der Waals surface area contributed by atoms with Gasteiger partial charge in [0, 0.05) is 12.6 Å². The molecule has 1 atom stereocenters. The number of nitrogens with one attached hydrogen (secondary N) is 1. The van der Waals surface area contributed by atoms with Gasteiger partial charge < -0.3 is 10.5 Å². The standard InChI is InChI=1S/C13H19F3N2O3S.ClH/c1-2-3-6-10(9-17)18-22(19,20)12-8-5-4-7-11(12)21-13(14,15)16;/h4-5,7-8,10,18H,2-3,6,9,17H2,1H3;1H. The SMILES string of the molecule is CCCCC(CN)NS(=O)(=O)c1ccccc1OC(F)(F)F.Cl. The van der Waals surface area contributed by atoms with Crippen molar-refractivity contribution in [3.8, 4) is 5.75 Å². The van der Waals surface area contributed by atoms with Gasteiger partial charge in [-0.15, -0.1) is 25.6 Å². The second kappa shape index (κ2) is 9.31. The summed E-state index contributed by atoms with van der Waals surface area (Å²) in [7, 11) is -4.16. The summed E-state index contributed by atoms with van der Waals surface area (Å²) in [5.74, 6) is -0.770. The quantitative estimate of drug-likeness (QED) is 0.731. The van der Waals surface area contributed by atoms with Crippen molar-refractivity contribution in [1.82, 2.24) is 4.72 Å². The van der Waals surface area contributed by atoms with E-state index < -0.39 is 33.1 Å². The zero-order valence-corrected chi connectivity index (χ0v) is 14.1. The molecule has 1 aromatic rings. The highest BCUT2D eigenvalue weighted by Crippen LogP contribution is 2.29. The van der Waals surface area contributed by atoms with Gasteiger partial charge in [0.1, 0.15) is 10.6 Å². The molecule has 0 saturated heterocycles. The number of unbranched alkanes of at least 4 members (excludes halogenated alkanes) is 1. The van der Waals surface area contributed by atoms with Gasteiger partial charge in [0.2, 0.25) is 10.0 Å². The Bertz CT molecular complexity index is 582. The fourth-order valence-electron chi connectivity index (χ4n) is 1.84. The van der Waals surface area contributed by atoms with Crippen LogP contribution in [0.3, 0.4) is 0 Å². The summed E-state index contributed by atoms with van der Waals surface area (Å²) in [6, 6.07) is 4.05. The van der Waals surface area contributed by atoms with Gasteiger partial charge in [0.15, 0.2) is 0 Å². The number of para-hydroxylation sites is 1. The van der Waals surface area contributed by atoms with E-state index in [-0.39, 0.29) is 19.0 Å². The van der Waals surface area contributed by atoms with E-state index in [1.54, 1.807) is 0 Å². The van der Waals surface area contributed by atoms with Crippen molar-refractivity contribution in [2.75, 3.05) is 6.54 Å². The first-order valence-corrected chi connectivity index (χ1v) is 8.25. The van der Waals surface area contributed by atoms with Crippen LogP contribution in [0, 0.1) is 0 Å². The number of alkyl halides is 3. The van der Waals surface area contributed by atoms with Crippen molar-refractivity contribution in [3.05, 3.63) is 24.3 Å². The maximum Gasteiger partial charge on any atom is 0.573 e. The number of sulfonamides is 1. The van der Waals surface area contributed by atoms with E-state index in [2.05, 4.69) is 9.46 Å². The second-order valence-electron chi connectivity index (χ2n) is 4.69. The number of benzene rings is 1. The van der Waals surface area contributed by atoms with Gasteiger partial charge >= 0.3 is 6.36 Å². The molecule has 0 aliphatic heterocycles. The fraction of sp³-hybridized carbons (Fsp3) is 0.538. The average molecular weight is 377 g/mol. The van der Waals surface area contributed by atoms with E-state index >= 15 is 0 Å². The molecule has 1 unspecified atom stereocenters. The molecule has 0 heterocycles. The number of ether oxygens (including phenoxy) is 1. The summed E-state index contributed by atoms with van der Waals surface area (Å²) in [4.78, 5) is -0.567. The van der Waals surface area contributed by atoms with Crippen LogP contribution in [-0.2, 0) is 10.0 Å². The molecule has 0 spiro atoms. The Morgan fingerprint density at radius 1 is 1.30 bits per heavy atom. The second-order valence-corrected chi connectivity index (χ2v) is 6.37. The zero-order chi connectivity index (χ0) is 16.8. The predicted molar refractivity (Wildman–Crippen MR) is 83.1 cm³/mol. The first-order chi connectivity index (χ1) is 10.2. The highest BCUT2D eigenvalue weighted by Gasteiger charge is 2.34. The van der Waals surface area contributed by atoms with Crippen LogP contribution in [0.5, 0.6) is 5.75 Å². The Labute approximate surface area is 139 Å². The first-order valence-electron chi connectivity index (χ1n) is 6.76. The number of rotatable bonds is 8. The van der Waals surface area contributed by atoms with E-state index in [0.717, 1.165) is 25.0 Å². The molecule has 0 fully saturated rings. The molecule has 0 radical (unpaired) electrons. The lowest BCUT2D eigenvalue weighted by Gasteiger charge is -2.18. The van der Waals surface area contributed by atoms with Crippen LogP contribution in [0.2, 0.25) is 0 Å². The van der Waals surface area contributed by atoms with Crippen molar-refractivity contribution in [2.24, 2.45) is 5.73 Å². The first kappa shape index (κ1) is 22.0. The minimum atomic E-state index is -4.97. The van der Waals surface area contributed by atoms with Gasteiger partial charge in [-0.3, -0.25) is 0 Å². The highest BCUT2D eigenvalue weighted by atomic mass is 35.5. The molecule has 3 N–H and O–H groups in total. The molecule has 23 heavy (non-hydrogen) atoms. The molecular weight excluding hydrogens is 357 g/mol. The predicted octanol–water partition coefficient (Wildman–Crippen LogP) is 2.80. The maximum atomic E-state index is 12.3. The molecule has 0 aliphatic carbocycles. The summed E-state index contributed by atoms with van der Waals surface area (Å²) in [5, 5.41) is 0. The van der Waals surface area contributed by atoms with Crippen molar-refractivity contribution < 1.29 is 26.3 Å². The molecule has 0 aliphatic rings. The Morgan fingerprint density at radius 2 is 1.91 bits per heavy atom. The summed E-state index contributed by atoms with van der Waals surface area (Å²) >= 11 is 0. The highest BCUT2D eigenvalue weighted by molar-refractivity contribution is 7.89. The van der Waals surface area contributed by atoms with Crippen LogP contribution in [0.15, 0.2) is 29.2 Å². The smallest absolute Gasteiger partial charge is 0.404 e. The number of halogens is 4. The monoisotopic (exact) mass is 376 g/mol. The van der Waals surface area contributed by atoms with Gasteiger partial charge in [0.05, 0.1) is 0 Å². The molecule has 1 rings (SSSR count). The zero-order valence-electron chi connectivity index (χ0n) is 12.5. The normalized spacial score (nSPS) is 13.3. The summed E-state index contributed by atoms with van der Waals surface area (Å²) in [6.45, 7) is 2.00. The van der Waals surface area contributed by atoms with E-state index in [0.29, 0.717) is 6.42 Å². The topological polar surface area (TPSA) is 81.4 Å². The Hall–Kier alpha value is -1.03. The Kier molecular flexibility index (Phi) is 8.89. The number of hydrogen-bond donors (Lipinski definition) is 2. The third-order valence-electron chi connectivity index (χ3n) is 2.88. The molecule has 1 aromatic carbocycles. The average Bonchev–Trinajstić information content (AvgIpc) is 2.42. The van der Waals surface area contributed by atoms with Crippen molar-refractivity contribution >= 4 is 22.4 Å². The molecule has 134 valence electrons. The van der Waals surface area contributed by atoms with Crippen LogP contribution >= 0.6 is 12.4 Å². The minimum absolute atomic E-state index is 0.